The van der Waals surface area contributed by atoms with Gasteiger partial charge in [0.05, 0.1) is 79.5 Å². The van der Waals surface area contributed by atoms with E-state index in [0.29, 0.717) is 41.0 Å². The van der Waals surface area contributed by atoms with Gasteiger partial charge in [-0.2, -0.15) is 0 Å². The molecule has 744 valence electrons. The van der Waals surface area contributed by atoms with Gasteiger partial charge in [-0.15, -0.1) is 0 Å². The van der Waals surface area contributed by atoms with Gasteiger partial charge in [0.1, 0.15) is 11.6 Å². The lowest BCUT2D eigenvalue weighted by atomic mass is 9.83. The maximum atomic E-state index is 15.1. The van der Waals surface area contributed by atoms with E-state index in [4.69, 9.17) is 72.3 Å². The van der Waals surface area contributed by atoms with E-state index in [0.717, 1.165) is 84.9 Å². The largest absolute Gasteiger partial charge is 0.367 e. The number of halogens is 2. The summed E-state index contributed by atoms with van der Waals surface area (Å²) in [5.41, 5.74) is -4.18. The third-order valence-electron chi connectivity index (χ3n) is 22.1. The molecular weight excluding hydrogens is 1640 g/mol. The third-order valence-corrected chi connectivity index (χ3v) is 22.1. The molecule has 3 unspecified atom stereocenters. The van der Waals surface area contributed by atoms with Crippen LogP contribution in [0.4, 0.5) is 8.78 Å². The maximum absolute atomic E-state index is 15.1. The predicted molar refractivity (Wildman–Crippen MR) is 557 cm³/mol. The van der Waals surface area contributed by atoms with Crippen molar-refractivity contribution < 1.29 is 81.1 Å². The summed E-state index contributed by atoms with van der Waals surface area (Å²) >= 11 is 0. The Morgan fingerprint density at radius 2 is 0.500 bits per heavy atom. The summed E-state index contributed by atoms with van der Waals surface area (Å²) in [5, 5.41) is 0. The lowest BCUT2D eigenvalue weighted by Gasteiger charge is -2.47. The molecule has 6 saturated heterocycles. The average Bonchev–Trinajstić information content (AvgIpc) is 0.696. The topological polar surface area (TPSA) is 74.8 Å². The number of hydrogen-bond acceptors (Lipinski definition) is 12. The van der Waals surface area contributed by atoms with Gasteiger partial charge in [0.25, 0.3) is 0 Å². The summed E-state index contributed by atoms with van der Waals surface area (Å²) < 4.78 is 332. The summed E-state index contributed by atoms with van der Waals surface area (Å²) in [7, 11) is 0. The number of ether oxygens (including phenoxy) is 6. The Balaban J connectivity index is 0.000000266. The lowest BCUT2D eigenvalue weighted by molar-refractivity contribution is -0.182. The van der Waals surface area contributed by atoms with E-state index < -0.39 is 183 Å². The number of aryl methyl sites for hydroxylation is 3. The standard InChI is InChI=1S/4C20H33NO.2C19H30FNO/c4*1-15-9-10-16(11-17(15)18(2,3)4)12-21-13-19(5,6)22-20(7,8)14-21;2*1-17(2,3)15-9-8-14(10-16(15)20)11-21-12-18(4,5)22-19(6,7)13-21/h4*9-11H,12-14H2,1-8H3;2*8-10H,11-13H2,1-7H3/i9D,10D,11D;5D3,13D2,14D2;12D2;;2*4D3,8D,9D,10D,12D2,13D2. The van der Waals surface area contributed by atoms with Gasteiger partial charge in [-0.3, -0.25) is 29.4 Å². The molecule has 12 nitrogen and oxygen atoms in total. The van der Waals surface area contributed by atoms with E-state index in [1.54, 1.807) is 41.5 Å². The molecule has 12 rings (SSSR count). The Labute approximate surface area is 852 Å². The molecular formula is C118H192F2N6O6. The fourth-order valence-corrected chi connectivity index (χ4v) is 18.9. The molecule has 6 heterocycles. The van der Waals surface area contributed by atoms with Crippen molar-refractivity contribution in [1.29, 1.82) is 0 Å². The van der Waals surface area contributed by atoms with Gasteiger partial charge < -0.3 is 28.4 Å². The summed E-state index contributed by atoms with van der Waals surface area (Å²) in [5.74, 6) is -2.08. The Morgan fingerprint density at radius 1 is 0.273 bits per heavy atom. The average molecular weight is 1860 g/mol. The van der Waals surface area contributed by atoms with Crippen molar-refractivity contribution in [3.05, 3.63) is 210 Å². The molecule has 0 N–H and O–H groups in total. The van der Waals surface area contributed by atoms with Crippen LogP contribution < -0.4 is 0 Å². The summed E-state index contributed by atoms with van der Waals surface area (Å²) in [4.78, 5) is 8.85. The minimum absolute atomic E-state index is 0.000274. The molecule has 0 spiro atoms. The molecule has 0 radical (unpaired) electrons. The van der Waals surface area contributed by atoms with Crippen LogP contribution in [0.2, 0.25) is 0 Å². The van der Waals surface area contributed by atoms with Crippen molar-refractivity contribution in [1.82, 2.24) is 29.4 Å². The quantitative estimate of drug-likeness (QED) is 0.117. The zero-order valence-electron chi connectivity index (χ0n) is 121. The number of benzene rings is 6. The highest BCUT2D eigenvalue weighted by Gasteiger charge is 2.45. The maximum Gasteiger partial charge on any atom is 0.127 e. The van der Waals surface area contributed by atoms with Crippen molar-refractivity contribution in [3.63, 3.8) is 0 Å². The van der Waals surface area contributed by atoms with Crippen LogP contribution in [0, 0.1) is 39.3 Å². The van der Waals surface area contributed by atoms with Crippen molar-refractivity contribution in [2.45, 2.75) is 457 Å². The van der Waals surface area contributed by atoms with Crippen LogP contribution in [0.25, 0.3) is 0 Å². The second-order valence-corrected chi connectivity index (χ2v) is 49.3. The molecule has 0 aromatic heterocycles. The molecule has 14 heteroatoms. The van der Waals surface area contributed by atoms with E-state index in [2.05, 4.69) is 180 Å². The van der Waals surface area contributed by atoms with Gasteiger partial charge in [0.2, 0.25) is 0 Å². The molecule has 6 aliphatic rings. The Kier molecular flexibility index (Phi) is 23.3. The highest BCUT2D eigenvalue weighted by molar-refractivity contribution is 5.40. The van der Waals surface area contributed by atoms with Gasteiger partial charge >= 0.3 is 0 Å². The first-order valence-corrected chi connectivity index (χ1v) is 47.0. The fourth-order valence-electron chi connectivity index (χ4n) is 18.9. The summed E-state index contributed by atoms with van der Waals surface area (Å²) in [6, 6.07) is 16.0. The molecule has 3 atom stereocenters. The molecule has 6 aromatic carbocycles. The van der Waals surface area contributed by atoms with Crippen LogP contribution in [0.1, 0.15) is 423 Å². The number of morpholine rings is 6. The van der Waals surface area contributed by atoms with Gasteiger partial charge in [-0.1, -0.05) is 222 Å². The van der Waals surface area contributed by atoms with E-state index in [1.807, 2.05) is 82.8 Å². The SMILES string of the molecule is Cc1ccc(CN2CC(C)(C)OC(C)(C)C2)cc1C(C)(C)C.[2H]C([2H])([2H])C1(C)OC(C)(C)C([2H])([2H])N(Cc2ccc(C)c(C(C)(C)C)c2)C1([2H])[2H].[2H]C([2H])(c1ccc(C)c(C(C)(C)C)c1)N1CC(C)(C)OC(C)(C)C1.[2H]c1c([2H])c(C(C)(C)C)c(F)c([2H])c1CN1C([2H])([2H])C(C)(C)OC(C)(C([2H])([2H])[2H])C1([2H])[2H].[2H]c1c([2H])c(C(C)(C)C)c(F)c([2H])c1CN1C([2H])([2H])C(C)(C)OC(C)(C([2H])([2H])[2H])C1([2H])[2H].[2H]c1c([2H])c(CN2CC(C)(C)OC(C)(C)C2)c([2H])c(C(C)(C)C)c1C. The van der Waals surface area contributed by atoms with Crippen molar-refractivity contribution in [2.24, 2.45) is 0 Å². The first-order valence-electron chi connectivity index (χ1n) is 63.0. The minimum atomic E-state index is -3.00. The van der Waals surface area contributed by atoms with Crippen LogP contribution in [0.5, 0.6) is 0 Å². The van der Waals surface area contributed by atoms with E-state index in [-0.39, 0.29) is 85.0 Å². The molecule has 6 aromatic rings. The third kappa shape index (κ3) is 36.5. The zero-order valence-corrected chi connectivity index (χ0v) is 89.4. The van der Waals surface area contributed by atoms with Crippen molar-refractivity contribution in [2.75, 3.05) is 78.2 Å². The Hall–Kier alpha value is -5.30. The highest BCUT2D eigenvalue weighted by Crippen LogP contribution is 2.40. The lowest BCUT2D eigenvalue weighted by Crippen LogP contribution is -2.56. The fraction of sp³-hybridized carbons (Fsp3) is 0.695. The van der Waals surface area contributed by atoms with Gasteiger partial charge in [0.15, 0.2) is 0 Å². The second kappa shape index (κ2) is 41.6. The molecule has 0 amide bonds. The highest BCUT2D eigenvalue weighted by atomic mass is 19.1. The number of rotatable bonds is 12. The molecule has 0 bridgehead atoms. The number of nitrogens with zero attached hydrogens (tertiary/aromatic N) is 6. The van der Waals surface area contributed by atoms with Crippen molar-refractivity contribution >= 4 is 0 Å². The van der Waals surface area contributed by atoms with E-state index in [1.165, 1.54) is 76.3 Å². The van der Waals surface area contributed by atoms with Crippen LogP contribution in [0.3, 0.4) is 0 Å². The van der Waals surface area contributed by atoms with Crippen molar-refractivity contribution in [3.8, 4) is 0 Å². The van der Waals surface area contributed by atoms with Crippen LogP contribution in [-0.4, -0.2) is 175 Å². The zero-order chi connectivity index (χ0) is 128. The van der Waals surface area contributed by atoms with Gasteiger partial charge in [0, 0.05) is 149 Å². The molecule has 0 aliphatic carbocycles. The Morgan fingerprint density at radius 3 is 0.788 bits per heavy atom. The van der Waals surface area contributed by atoms with Crippen LogP contribution in [-0.2, 0) is 100 Å². The predicted octanol–water partition coefficient (Wildman–Crippen LogP) is 27.8. The summed E-state index contributed by atoms with van der Waals surface area (Å²) in [6.07, 6.45) is 0. The first-order chi connectivity index (χ1) is 72.2. The summed E-state index contributed by atoms with van der Waals surface area (Å²) in [6.45, 7) is 58.5. The Bertz CT molecular complexity index is 6160. The van der Waals surface area contributed by atoms with Gasteiger partial charge in [-0.25, -0.2) is 8.78 Å². The molecule has 6 fully saturated rings. The van der Waals surface area contributed by atoms with Gasteiger partial charge in [-0.05, 0) is 327 Å². The first kappa shape index (κ1) is 73.8. The van der Waals surface area contributed by atoms with Crippen LogP contribution in [0.15, 0.2) is 109 Å². The van der Waals surface area contributed by atoms with E-state index in [9.17, 15) is 0 Å². The molecule has 6 aliphatic heterocycles. The number of hydrogen-bond donors (Lipinski definition) is 0. The minimum Gasteiger partial charge on any atom is -0.367 e. The smallest absolute Gasteiger partial charge is 0.127 e. The molecule has 132 heavy (non-hydrogen) atoms. The monoisotopic (exact) mass is 1860 g/mol. The van der Waals surface area contributed by atoms with Crippen LogP contribution >= 0.6 is 0 Å². The molecule has 0 saturated carbocycles. The normalized spacial score (nSPS) is 30.2. The second-order valence-electron chi connectivity index (χ2n) is 49.3. The van der Waals surface area contributed by atoms with E-state index >= 15 is 8.78 Å².